The van der Waals surface area contributed by atoms with Crippen LogP contribution < -0.4 is 10.6 Å². The Bertz CT molecular complexity index is 821. The van der Waals surface area contributed by atoms with Crippen molar-refractivity contribution in [2.75, 3.05) is 27.2 Å². The molecule has 162 valence electrons. The second-order valence-electron chi connectivity index (χ2n) is 7.42. The number of nitrogens with zero attached hydrogens (tertiary/aromatic N) is 2. The van der Waals surface area contributed by atoms with Gasteiger partial charge in [-0.15, -0.1) is 24.0 Å². The van der Waals surface area contributed by atoms with Crippen molar-refractivity contribution in [2.24, 2.45) is 4.99 Å². The maximum absolute atomic E-state index is 12.4. The van der Waals surface area contributed by atoms with Crippen LogP contribution in [0.1, 0.15) is 34.3 Å². The molecule has 3 rings (SSSR count). The van der Waals surface area contributed by atoms with Crippen LogP contribution in [-0.4, -0.2) is 50.1 Å². The smallest absolute Gasteiger partial charge is 0.251 e. The van der Waals surface area contributed by atoms with E-state index >= 15 is 0 Å². The summed E-state index contributed by atoms with van der Waals surface area (Å²) in [6, 6.07) is 17.9. The van der Waals surface area contributed by atoms with Crippen molar-refractivity contribution in [2.45, 2.75) is 32.0 Å². The Kier molecular flexibility index (Phi) is 10.1. The van der Waals surface area contributed by atoms with Gasteiger partial charge in [-0.05, 0) is 36.1 Å². The van der Waals surface area contributed by atoms with Crippen molar-refractivity contribution in [1.82, 2.24) is 15.5 Å². The van der Waals surface area contributed by atoms with Crippen molar-refractivity contribution in [1.29, 1.82) is 0 Å². The van der Waals surface area contributed by atoms with Crippen LogP contribution in [0.15, 0.2) is 59.6 Å². The van der Waals surface area contributed by atoms with Gasteiger partial charge in [-0.2, -0.15) is 0 Å². The van der Waals surface area contributed by atoms with Crippen molar-refractivity contribution < 1.29 is 9.53 Å². The number of halogens is 1. The van der Waals surface area contributed by atoms with Gasteiger partial charge in [-0.3, -0.25) is 4.79 Å². The van der Waals surface area contributed by atoms with Crippen LogP contribution >= 0.6 is 24.0 Å². The molecular weight excluding hydrogens is 491 g/mol. The zero-order valence-electron chi connectivity index (χ0n) is 17.6. The summed E-state index contributed by atoms with van der Waals surface area (Å²) in [6.45, 7) is 2.57. The molecule has 1 aliphatic rings. The van der Waals surface area contributed by atoms with Crippen molar-refractivity contribution in [3.8, 4) is 0 Å². The van der Waals surface area contributed by atoms with Gasteiger partial charge in [0.2, 0.25) is 0 Å². The number of carbonyl (C=O) groups is 1. The molecule has 1 amide bonds. The highest BCUT2D eigenvalue weighted by Gasteiger charge is 2.16. The molecule has 1 aliphatic heterocycles. The highest BCUT2D eigenvalue weighted by Crippen LogP contribution is 2.12. The van der Waals surface area contributed by atoms with Gasteiger partial charge in [0.1, 0.15) is 0 Å². The summed E-state index contributed by atoms with van der Waals surface area (Å²) in [5, 5.41) is 6.35. The first kappa shape index (κ1) is 24.1. The third-order valence-electron chi connectivity index (χ3n) is 4.83. The van der Waals surface area contributed by atoms with E-state index in [1.165, 1.54) is 5.56 Å². The second-order valence-corrected chi connectivity index (χ2v) is 7.42. The topological polar surface area (TPSA) is 66.0 Å². The van der Waals surface area contributed by atoms with Crippen LogP contribution in [0.3, 0.4) is 0 Å². The predicted octanol–water partition coefficient (Wildman–Crippen LogP) is 3.42. The third-order valence-corrected chi connectivity index (χ3v) is 4.83. The van der Waals surface area contributed by atoms with Crippen LogP contribution in [0, 0.1) is 0 Å². The predicted molar refractivity (Wildman–Crippen MR) is 131 cm³/mol. The molecule has 0 aromatic heterocycles. The maximum atomic E-state index is 12.4. The highest BCUT2D eigenvalue weighted by atomic mass is 127. The second kappa shape index (κ2) is 12.5. The zero-order chi connectivity index (χ0) is 20.5. The summed E-state index contributed by atoms with van der Waals surface area (Å²) < 4.78 is 5.56. The molecule has 2 aromatic carbocycles. The number of hydrogen-bond acceptors (Lipinski definition) is 3. The van der Waals surface area contributed by atoms with Crippen LogP contribution in [0.5, 0.6) is 0 Å². The Morgan fingerprint density at radius 1 is 1.10 bits per heavy atom. The summed E-state index contributed by atoms with van der Waals surface area (Å²) in [5.74, 6) is 0.739. The molecule has 6 nitrogen and oxygen atoms in total. The SMILES string of the molecule is CN(C)C(=NCc1cccc(C(=O)NCC2CCCO2)c1)NCc1ccccc1.I. The molecule has 0 aliphatic carbocycles. The molecule has 1 fully saturated rings. The van der Waals surface area contributed by atoms with Gasteiger partial charge < -0.3 is 20.3 Å². The monoisotopic (exact) mass is 522 g/mol. The van der Waals surface area contributed by atoms with Gasteiger partial charge in [0.25, 0.3) is 5.91 Å². The fourth-order valence-corrected chi connectivity index (χ4v) is 3.22. The molecule has 1 saturated heterocycles. The minimum Gasteiger partial charge on any atom is -0.376 e. The van der Waals surface area contributed by atoms with Gasteiger partial charge in [-0.1, -0.05) is 42.5 Å². The third kappa shape index (κ3) is 7.60. The normalized spacial score (nSPS) is 15.9. The molecule has 2 aromatic rings. The largest absolute Gasteiger partial charge is 0.376 e. The molecule has 0 spiro atoms. The summed E-state index contributed by atoms with van der Waals surface area (Å²) in [4.78, 5) is 19.1. The minimum atomic E-state index is -0.0682. The number of benzene rings is 2. The zero-order valence-corrected chi connectivity index (χ0v) is 20.0. The summed E-state index contributed by atoms with van der Waals surface area (Å²) >= 11 is 0. The summed E-state index contributed by atoms with van der Waals surface area (Å²) in [7, 11) is 3.93. The number of aliphatic imine (C=N–C) groups is 1. The quantitative estimate of drug-likeness (QED) is 0.333. The van der Waals surface area contributed by atoms with E-state index in [9.17, 15) is 4.79 Å². The van der Waals surface area contributed by atoms with Crippen LogP contribution in [0.2, 0.25) is 0 Å². The number of hydrogen-bond donors (Lipinski definition) is 2. The first-order valence-electron chi connectivity index (χ1n) is 10.1. The Morgan fingerprint density at radius 2 is 1.87 bits per heavy atom. The fourth-order valence-electron chi connectivity index (χ4n) is 3.22. The minimum absolute atomic E-state index is 0. The Balaban J connectivity index is 0.00000320. The number of rotatable bonds is 7. The van der Waals surface area contributed by atoms with Crippen LogP contribution in [0.4, 0.5) is 0 Å². The van der Waals surface area contributed by atoms with Crippen LogP contribution in [0.25, 0.3) is 0 Å². The number of nitrogens with one attached hydrogen (secondary N) is 2. The molecule has 1 heterocycles. The maximum Gasteiger partial charge on any atom is 0.251 e. The first-order chi connectivity index (χ1) is 14.1. The van der Waals surface area contributed by atoms with E-state index in [0.717, 1.165) is 31.0 Å². The highest BCUT2D eigenvalue weighted by molar-refractivity contribution is 14.0. The van der Waals surface area contributed by atoms with Crippen LogP contribution in [-0.2, 0) is 17.8 Å². The van der Waals surface area contributed by atoms with E-state index in [4.69, 9.17) is 9.73 Å². The van der Waals surface area contributed by atoms with E-state index in [1.54, 1.807) is 0 Å². The lowest BCUT2D eigenvalue weighted by Gasteiger charge is -2.18. The Hall–Kier alpha value is -2.13. The lowest BCUT2D eigenvalue weighted by atomic mass is 10.1. The number of ether oxygens (including phenoxy) is 1. The average Bonchev–Trinajstić information content (AvgIpc) is 3.26. The molecule has 1 unspecified atom stereocenters. The lowest BCUT2D eigenvalue weighted by molar-refractivity contribution is 0.0857. The molecule has 1 atom stereocenters. The molecule has 0 radical (unpaired) electrons. The van der Waals surface area contributed by atoms with Gasteiger partial charge in [0, 0.05) is 39.4 Å². The molecule has 30 heavy (non-hydrogen) atoms. The molecule has 2 N–H and O–H groups in total. The summed E-state index contributed by atoms with van der Waals surface area (Å²) in [5.41, 5.74) is 2.85. The van der Waals surface area contributed by atoms with Gasteiger partial charge >= 0.3 is 0 Å². The summed E-state index contributed by atoms with van der Waals surface area (Å²) in [6.07, 6.45) is 2.23. The standard InChI is InChI=1S/C23H30N4O2.HI/c1-27(2)23(25-15-18-8-4-3-5-9-18)26-16-19-10-6-11-20(14-19)22(28)24-17-21-12-7-13-29-21;/h3-6,8-11,14,21H,7,12-13,15-17H2,1-2H3,(H,24,28)(H,25,26);1H. The molecular formula is C23H31IN4O2. The van der Waals surface area contributed by atoms with E-state index < -0.39 is 0 Å². The Morgan fingerprint density at radius 3 is 2.57 bits per heavy atom. The van der Waals surface area contributed by atoms with Crippen molar-refractivity contribution in [3.05, 3.63) is 71.3 Å². The van der Waals surface area contributed by atoms with Crippen molar-refractivity contribution in [3.63, 3.8) is 0 Å². The number of guanidine groups is 1. The fraction of sp³-hybridized carbons (Fsp3) is 0.391. The van der Waals surface area contributed by atoms with Crippen molar-refractivity contribution >= 4 is 35.8 Å². The van der Waals surface area contributed by atoms with E-state index in [-0.39, 0.29) is 36.0 Å². The lowest BCUT2D eigenvalue weighted by Crippen LogP contribution is -2.36. The number of amides is 1. The van der Waals surface area contributed by atoms with E-state index in [0.29, 0.717) is 25.2 Å². The molecule has 0 saturated carbocycles. The number of carbonyl (C=O) groups excluding carboxylic acids is 1. The first-order valence-corrected chi connectivity index (χ1v) is 10.1. The average molecular weight is 522 g/mol. The van der Waals surface area contributed by atoms with Gasteiger partial charge in [0.05, 0.1) is 12.6 Å². The molecule has 0 bridgehead atoms. The van der Waals surface area contributed by atoms with E-state index in [1.807, 2.05) is 61.5 Å². The Labute approximate surface area is 196 Å². The molecule has 7 heteroatoms. The van der Waals surface area contributed by atoms with Gasteiger partial charge in [-0.25, -0.2) is 4.99 Å². The van der Waals surface area contributed by atoms with Gasteiger partial charge in [0.15, 0.2) is 5.96 Å². The van der Waals surface area contributed by atoms with E-state index in [2.05, 4.69) is 22.8 Å².